The van der Waals surface area contributed by atoms with Crippen LogP contribution >= 0.6 is 23.2 Å². The minimum atomic E-state index is -1.07. The Morgan fingerprint density at radius 1 is 0.882 bits per heavy atom. The Bertz CT molecular complexity index is 348. The maximum absolute atomic E-state index is 10.8. The fourth-order valence-corrected chi connectivity index (χ4v) is 2.11. The van der Waals surface area contributed by atoms with Crippen molar-refractivity contribution in [3.63, 3.8) is 0 Å². The molecule has 3 aliphatic heterocycles. The van der Waals surface area contributed by atoms with E-state index in [1.165, 1.54) is 0 Å². The molecule has 3 fully saturated rings. The summed E-state index contributed by atoms with van der Waals surface area (Å²) in [5.74, 6) is -2.78. The molecule has 0 saturated carbocycles. The molecule has 0 atom stereocenters. The van der Waals surface area contributed by atoms with E-state index in [-0.39, 0.29) is 25.1 Å². The van der Waals surface area contributed by atoms with Crippen molar-refractivity contribution in [1.29, 1.82) is 0 Å². The van der Waals surface area contributed by atoms with Gasteiger partial charge in [-0.25, -0.2) is 0 Å². The highest BCUT2D eigenvalue weighted by atomic mass is 35.5. The molecular weight excluding hydrogens is 279 g/mol. The summed E-state index contributed by atoms with van der Waals surface area (Å²) in [5.41, 5.74) is 0. The zero-order chi connectivity index (χ0) is 12.1. The van der Waals surface area contributed by atoms with Crippen LogP contribution in [0.3, 0.4) is 0 Å². The van der Waals surface area contributed by atoms with Gasteiger partial charge in [0, 0.05) is 0 Å². The Kier molecular flexibility index (Phi) is 2.66. The standard InChI is InChI=1S/C8H8Cl2O7/c9-4-8(16-17-8)3-7(14-15-7)2-6(12-13-6)1-5(10)11/h1-4H2. The first-order valence-corrected chi connectivity index (χ1v) is 5.77. The van der Waals surface area contributed by atoms with Crippen molar-refractivity contribution in [2.45, 2.75) is 36.6 Å². The molecule has 0 spiro atoms. The van der Waals surface area contributed by atoms with Gasteiger partial charge in [-0.2, -0.15) is 29.3 Å². The van der Waals surface area contributed by atoms with Gasteiger partial charge < -0.3 is 0 Å². The summed E-state index contributed by atoms with van der Waals surface area (Å²) in [4.78, 5) is 39.7. The maximum atomic E-state index is 10.8. The third-order valence-electron chi connectivity index (χ3n) is 2.65. The second kappa shape index (κ2) is 3.75. The van der Waals surface area contributed by atoms with Crippen molar-refractivity contribution in [2.75, 3.05) is 5.88 Å². The molecule has 17 heavy (non-hydrogen) atoms. The molecule has 3 rings (SSSR count). The van der Waals surface area contributed by atoms with Crippen molar-refractivity contribution >= 4 is 28.4 Å². The first-order valence-electron chi connectivity index (χ1n) is 4.86. The molecule has 0 aliphatic carbocycles. The van der Waals surface area contributed by atoms with E-state index >= 15 is 0 Å². The molecule has 0 unspecified atom stereocenters. The second-order valence-corrected chi connectivity index (χ2v) is 4.94. The Hall–Kier alpha value is 0.01000. The molecule has 3 heterocycles. The molecule has 0 radical (unpaired) electrons. The average molecular weight is 287 g/mol. The van der Waals surface area contributed by atoms with Gasteiger partial charge in [0.25, 0.3) is 5.79 Å². The highest BCUT2D eigenvalue weighted by Crippen LogP contribution is 2.53. The van der Waals surface area contributed by atoms with Crippen LogP contribution in [0.5, 0.6) is 0 Å². The normalized spacial score (nSPS) is 29.8. The van der Waals surface area contributed by atoms with Crippen LogP contribution < -0.4 is 0 Å². The number of halogens is 2. The van der Waals surface area contributed by atoms with Crippen LogP contribution in [0.25, 0.3) is 0 Å². The Balaban J connectivity index is 1.59. The van der Waals surface area contributed by atoms with Crippen LogP contribution in [-0.2, 0) is 34.1 Å². The van der Waals surface area contributed by atoms with E-state index in [9.17, 15) is 4.79 Å². The van der Waals surface area contributed by atoms with Crippen molar-refractivity contribution in [2.24, 2.45) is 0 Å². The zero-order valence-electron chi connectivity index (χ0n) is 8.44. The minimum absolute atomic E-state index is 0.0847. The summed E-state index contributed by atoms with van der Waals surface area (Å²) in [6.07, 6.45) is 0.358. The van der Waals surface area contributed by atoms with Gasteiger partial charge in [-0.15, -0.1) is 11.6 Å². The first-order chi connectivity index (χ1) is 8.01. The molecule has 0 aromatic carbocycles. The maximum Gasteiger partial charge on any atom is 0.252 e. The minimum Gasteiger partial charge on any atom is -0.281 e. The predicted molar refractivity (Wildman–Crippen MR) is 50.1 cm³/mol. The van der Waals surface area contributed by atoms with Gasteiger partial charge in [0.1, 0.15) is 0 Å². The van der Waals surface area contributed by atoms with Gasteiger partial charge in [0.15, 0.2) is 0 Å². The largest absolute Gasteiger partial charge is 0.281 e. The van der Waals surface area contributed by atoms with Crippen LogP contribution in [0.15, 0.2) is 0 Å². The van der Waals surface area contributed by atoms with E-state index in [2.05, 4.69) is 0 Å². The molecule has 0 amide bonds. The second-order valence-electron chi connectivity index (χ2n) is 4.25. The number of hydrogen-bond acceptors (Lipinski definition) is 7. The first kappa shape index (κ1) is 12.1. The van der Waals surface area contributed by atoms with E-state index in [4.69, 9.17) is 52.5 Å². The predicted octanol–water partition coefficient (Wildman–Crippen LogP) is 1.14. The average Bonchev–Trinajstić information content (AvgIpc) is 3.09. The highest BCUT2D eigenvalue weighted by Gasteiger charge is 2.68. The summed E-state index contributed by atoms with van der Waals surface area (Å²) in [5, 5.41) is -0.565. The van der Waals surface area contributed by atoms with Gasteiger partial charge in [0.05, 0.1) is 25.1 Å². The molecule has 7 nitrogen and oxygen atoms in total. The van der Waals surface area contributed by atoms with E-state index in [1.807, 2.05) is 0 Å². The molecule has 9 heteroatoms. The summed E-state index contributed by atoms with van der Waals surface area (Å²) >= 11 is 10.9. The smallest absolute Gasteiger partial charge is 0.252 e. The quantitative estimate of drug-likeness (QED) is 0.300. The van der Waals surface area contributed by atoms with Crippen molar-refractivity contribution in [1.82, 2.24) is 0 Å². The molecule has 0 bridgehead atoms. The van der Waals surface area contributed by atoms with Crippen LogP contribution in [0.2, 0.25) is 0 Å². The molecular formula is C8H8Cl2O7. The van der Waals surface area contributed by atoms with Crippen LogP contribution in [0.1, 0.15) is 19.3 Å². The number of carbonyl (C=O) groups is 1. The van der Waals surface area contributed by atoms with E-state index < -0.39 is 22.6 Å². The molecule has 0 N–H and O–H groups in total. The summed E-state index contributed by atoms with van der Waals surface area (Å²) in [7, 11) is 0. The molecule has 3 saturated heterocycles. The van der Waals surface area contributed by atoms with Crippen molar-refractivity contribution in [3.8, 4) is 0 Å². The fourth-order valence-electron chi connectivity index (χ4n) is 1.72. The van der Waals surface area contributed by atoms with Gasteiger partial charge in [-0.05, 0) is 11.6 Å². The van der Waals surface area contributed by atoms with Crippen LogP contribution in [0.4, 0.5) is 0 Å². The van der Waals surface area contributed by atoms with Crippen LogP contribution in [-0.4, -0.2) is 28.5 Å². The zero-order valence-corrected chi connectivity index (χ0v) is 9.95. The van der Waals surface area contributed by atoms with Crippen molar-refractivity contribution in [3.05, 3.63) is 0 Å². The van der Waals surface area contributed by atoms with Gasteiger partial charge >= 0.3 is 0 Å². The molecule has 3 aliphatic rings. The van der Waals surface area contributed by atoms with Crippen LogP contribution in [0, 0.1) is 0 Å². The lowest BCUT2D eigenvalue weighted by Gasteiger charge is -2.10. The lowest BCUT2D eigenvalue weighted by Crippen LogP contribution is -2.30. The highest BCUT2D eigenvalue weighted by molar-refractivity contribution is 6.63. The van der Waals surface area contributed by atoms with Gasteiger partial charge in [-0.1, -0.05) is 0 Å². The number of rotatable bonds is 7. The summed E-state index contributed by atoms with van der Waals surface area (Å²) in [6, 6.07) is 0. The number of alkyl halides is 1. The van der Waals surface area contributed by atoms with Crippen molar-refractivity contribution < 1.29 is 34.1 Å². The third kappa shape index (κ3) is 2.56. The lowest BCUT2D eigenvalue weighted by atomic mass is 9.99. The SMILES string of the molecule is O=C(Cl)CC1(CC2(CC3(CCl)OO3)OO2)OO1. The monoisotopic (exact) mass is 286 g/mol. The molecule has 0 aromatic rings. The molecule has 0 aromatic heterocycles. The lowest BCUT2D eigenvalue weighted by molar-refractivity contribution is -0.113. The molecule has 96 valence electrons. The summed E-state index contributed by atoms with van der Waals surface area (Å²) in [6.45, 7) is 0. The van der Waals surface area contributed by atoms with Gasteiger partial charge in [0.2, 0.25) is 16.8 Å². The number of carbonyl (C=O) groups excluding carboxylic acids is 1. The van der Waals surface area contributed by atoms with E-state index in [1.54, 1.807) is 0 Å². The third-order valence-corrected chi connectivity index (χ3v) is 3.19. The van der Waals surface area contributed by atoms with E-state index in [0.29, 0.717) is 0 Å². The Labute approximate surface area is 106 Å². The Morgan fingerprint density at radius 2 is 1.35 bits per heavy atom. The topological polar surface area (TPSA) is 92.2 Å². The number of hydrogen-bond donors (Lipinski definition) is 0. The van der Waals surface area contributed by atoms with E-state index in [0.717, 1.165) is 0 Å². The Morgan fingerprint density at radius 3 is 1.71 bits per heavy atom. The van der Waals surface area contributed by atoms with Gasteiger partial charge in [-0.3, -0.25) is 4.79 Å². The fraction of sp³-hybridized carbons (Fsp3) is 0.875. The summed E-state index contributed by atoms with van der Waals surface area (Å²) < 4.78 is 0.